The number of nitrogens with zero attached hydrogens (tertiary/aromatic N) is 4. The first kappa shape index (κ1) is 14.9. The number of allylic oxidation sites excluding steroid dienone is 2. The van der Waals surface area contributed by atoms with Crippen LogP contribution in [0.15, 0.2) is 39.8 Å². The zero-order chi connectivity index (χ0) is 15.7. The SMILES string of the molecule is Cn1c(Br)nc2ncc(O/C(C=N)=C3\C=NC=C[NH2+]3)c(Cl)c21. The van der Waals surface area contributed by atoms with Gasteiger partial charge in [-0.2, -0.15) is 0 Å². The van der Waals surface area contributed by atoms with Gasteiger partial charge in [-0.1, -0.05) is 11.6 Å². The molecule has 0 saturated heterocycles. The van der Waals surface area contributed by atoms with Gasteiger partial charge >= 0.3 is 0 Å². The van der Waals surface area contributed by atoms with E-state index in [4.69, 9.17) is 21.7 Å². The Morgan fingerprint density at radius 3 is 3.05 bits per heavy atom. The van der Waals surface area contributed by atoms with E-state index in [1.54, 1.807) is 28.5 Å². The molecule has 7 nitrogen and oxygen atoms in total. The van der Waals surface area contributed by atoms with Crippen molar-refractivity contribution in [2.75, 3.05) is 0 Å². The van der Waals surface area contributed by atoms with E-state index < -0.39 is 0 Å². The Morgan fingerprint density at radius 2 is 2.36 bits per heavy atom. The molecule has 2 aromatic heterocycles. The first-order valence-electron chi connectivity index (χ1n) is 6.24. The van der Waals surface area contributed by atoms with Crippen molar-refractivity contribution in [3.05, 3.63) is 39.8 Å². The maximum Gasteiger partial charge on any atom is 0.207 e. The Kier molecular flexibility index (Phi) is 4.06. The first-order chi connectivity index (χ1) is 10.6. The lowest BCUT2D eigenvalue weighted by molar-refractivity contribution is -0.528. The van der Waals surface area contributed by atoms with Gasteiger partial charge in [0, 0.05) is 7.05 Å². The summed E-state index contributed by atoms with van der Waals surface area (Å²) in [5.41, 5.74) is 1.85. The van der Waals surface area contributed by atoms with Gasteiger partial charge in [0.2, 0.25) is 5.76 Å². The molecular weight excluding hydrogens is 372 g/mol. The van der Waals surface area contributed by atoms with E-state index in [1.165, 1.54) is 6.20 Å². The summed E-state index contributed by atoms with van der Waals surface area (Å²) >= 11 is 9.73. The highest BCUT2D eigenvalue weighted by molar-refractivity contribution is 9.10. The van der Waals surface area contributed by atoms with Crippen LogP contribution in [0.3, 0.4) is 0 Å². The number of rotatable bonds is 3. The van der Waals surface area contributed by atoms with Crippen LogP contribution in [-0.2, 0) is 7.05 Å². The number of nitrogens with one attached hydrogen (secondary N) is 1. The average Bonchev–Trinajstić information content (AvgIpc) is 2.83. The molecule has 2 aromatic rings. The lowest BCUT2D eigenvalue weighted by atomic mass is 10.3. The second kappa shape index (κ2) is 5.99. The van der Waals surface area contributed by atoms with Gasteiger partial charge in [-0.25, -0.2) is 9.97 Å². The molecule has 112 valence electrons. The molecule has 0 unspecified atom stereocenters. The predicted octanol–water partition coefficient (Wildman–Crippen LogP) is 1.74. The highest BCUT2D eigenvalue weighted by Crippen LogP contribution is 2.33. The fourth-order valence-electron chi connectivity index (χ4n) is 1.96. The molecule has 9 heteroatoms. The smallest absolute Gasteiger partial charge is 0.207 e. The van der Waals surface area contributed by atoms with Crippen LogP contribution >= 0.6 is 27.5 Å². The molecule has 22 heavy (non-hydrogen) atoms. The van der Waals surface area contributed by atoms with Gasteiger partial charge in [-0.05, 0) is 15.9 Å². The van der Waals surface area contributed by atoms with Crippen LogP contribution in [0.5, 0.6) is 5.75 Å². The normalized spacial score (nSPS) is 16.1. The quantitative estimate of drug-likeness (QED) is 0.625. The number of aryl methyl sites for hydroxylation is 1. The van der Waals surface area contributed by atoms with Crippen LogP contribution in [-0.4, -0.2) is 27.0 Å². The lowest BCUT2D eigenvalue weighted by Crippen LogP contribution is -2.77. The summed E-state index contributed by atoms with van der Waals surface area (Å²) in [6, 6.07) is 0. The molecule has 0 atom stereocenters. The van der Waals surface area contributed by atoms with Gasteiger partial charge in [0.15, 0.2) is 21.8 Å². The molecule has 0 radical (unpaired) electrons. The van der Waals surface area contributed by atoms with Crippen molar-refractivity contribution in [1.29, 1.82) is 5.41 Å². The van der Waals surface area contributed by atoms with Crippen molar-refractivity contribution in [3.63, 3.8) is 0 Å². The second-order valence-electron chi connectivity index (χ2n) is 4.40. The minimum Gasteiger partial charge on any atom is -0.446 e. The Bertz CT molecular complexity index is 854. The number of hydrogen-bond acceptors (Lipinski definition) is 5. The molecule has 0 amide bonds. The topological polar surface area (TPSA) is 92.8 Å². The number of aliphatic imine (C=N–C) groups is 1. The maximum atomic E-state index is 7.52. The molecule has 1 aliphatic heterocycles. The van der Waals surface area contributed by atoms with Gasteiger partial charge in [0.25, 0.3) is 0 Å². The fraction of sp³-hybridized carbons (Fsp3) is 0.0769. The van der Waals surface area contributed by atoms with Gasteiger partial charge < -0.3 is 14.7 Å². The third-order valence-electron chi connectivity index (χ3n) is 3.05. The number of hydrogen-bond donors (Lipinski definition) is 2. The van der Waals surface area contributed by atoms with Gasteiger partial charge in [-0.15, -0.1) is 0 Å². The summed E-state index contributed by atoms with van der Waals surface area (Å²) in [5, 5.41) is 9.71. The minimum atomic E-state index is 0.331. The molecule has 1 aliphatic rings. The van der Waals surface area contributed by atoms with Crippen LogP contribution < -0.4 is 10.1 Å². The minimum absolute atomic E-state index is 0.331. The highest BCUT2D eigenvalue weighted by Gasteiger charge is 2.18. The summed E-state index contributed by atoms with van der Waals surface area (Å²) in [7, 11) is 1.82. The molecule has 0 saturated carbocycles. The number of halogens is 2. The van der Waals surface area contributed by atoms with E-state index in [9.17, 15) is 0 Å². The molecule has 0 aromatic carbocycles. The molecule has 0 bridgehead atoms. The number of fused-ring (bicyclic) bond motifs is 1. The van der Waals surface area contributed by atoms with E-state index >= 15 is 0 Å². The molecule has 0 spiro atoms. The third-order valence-corrected chi connectivity index (χ3v) is 4.12. The zero-order valence-electron chi connectivity index (χ0n) is 11.4. The summed E-state index contributed by atoms with van der Waals surface area (Å²) in [6.45, 7) is 0. The van der Waals surface area contributed by atoms with E-state index in [2.05, 4.69) is 30.9 Å². The van der Waals surface area contributed by atoms with Gasteiger partial charge in [-0.3, -0.25) is 10.3 Å². The number of nitrogens with two attached hydrogens (primary N) is 1. The standard InChI is InChI=1S/C13H10BrClN6O/c1-21-11-10(15)9(6-19-12(11)20-13(21)14)22-8(4-16)7-5-17-2-3-18-7/h2-6,16,18H,1H3/p+1/b8-7+,16-4?. The molecule has 0 fully saturated rings. The zero-order valence-corrected chi connectivity index (χ0v) is 13.8. The van der Waals surface area contributed by atoms with Crippen molar-refractivity contribution in [1.82, 2.24) is 14.5 Å². The number of ether oxygens (including phenoxy) is 1. The van der Waals surface area contributed by atoms with Crippen molar-refractivity contribution < 1.29 is 10.1 Å². The summed E-state index contributed by atoms with van der Waals surface area (Å²) in [6.07, 6.45) is 7.63. The van der Waals surface area contributed by atoms with E-state index in [0.717, 1.165) is 6.21 Å². The Morgan fingerprint density at radius 1 is 1.55 bits per heavy atom. The van der Waals surface area contributed by atoms with Crippen LogP contribution in [0.2, 0.25) is 5.02 Å². The lowest BCUT2D eigenvalue weighted by Gasteiger charge is -2.10. The van der Waals surface area contributed by atoms with Crippen LogP contribution in [0.25, 0.3) is 11.2 Å². The van der Waals surface area contributed by atoms with E-state index in [-0.39, 0.29) is 0 Å². The van der Waals surface area contributed by atoms with Crippen molar-refractivity contribution in [2.24, 2.45) is 12.0 Å². The summed E-state index contributed by atoms with van der Waals surface area (Å²) < 4.78 is 8.13. The van der Waals surface area contributed by atoms with Crippen LogP contribution in [0.1, 0.15) is 0 Å². The molecule has 3 heterocycles. The molecular formula is C13H11BrClN6O+. The highest BCUT2D eigenvalue weighted by atomic mass is 79.9. The maximum absolute atomic E-state index is 7.52. The number of quaternary nitrogens is 1. The average molecular weight is 383 g/mol. The van der Waals surface area contributed by atoms with Crippen molar-refractivity contribution in [2.45, 2.75) is 0 Å². The Hall–Kier alpha value is -2.03. The predicted molar refractivity (Wildman–Crippen MR) is 87.2 cm³/mol. The van der Waals surface area contributed by atoms with Crippen LogP contribution in [0, 0.1) is 5.41 Å². The van der Waals surface area contributed by atoms with Crippen LogP contribution in [0.4, 0.5) is 0 Å². The largest absolute Gasteiger partial charge is 0.446 e. The van der Waals surface area contributed by atoms with E-state index in [1.807, 2.05) is 7.05 Å². The summed E-state index contributed by atoms with van der Waals surface area (Å²) in [5.74, 6) is 0.685. The number of pyridine rings is 1. The van der Waals surface area contributed by atoms with Crippen molar-refractivity contribution in [3.8, 4) is 5.75 Å². The molecule has 3 N–H and O–H groups in total. The monoisotopic (exact) mass is 381 g/mol. The second-order valence-corrected chi connectivity index (χ2v) is 5.49. The van der Waals surface area contributed by atoms with Gasteiger partial charge in [0.1, 0.15) is 16.7 Å². The third kappa shape index (κ3) is 2.56. The van der Waals surface area contributed by atoms with Gasteiger partial charge in [0.05, 0.1) is 24.8 Å². The number of imidazole rings is 1. The fourth-order valence-corrected chi connectivity index (χ4v) is 2.60. The Balaban J connectivity index is 2.05. The Labute approximate surface area is 139 Å². The first-order valence-corrected chi connectivity index (χ1v) is 7.41. The molecule has 0 aliphatic carbocycles. The van der Waals surface area contributed by atoms with Crippen molar-refractivity contribution >= 4 is 51.1 Å². The molecule has 3 rings (SSSR count). The van der Waals surface area contributed by atoms with E-state index in [0.29, 0.717) is 38.1 Å². The number of aromatic nitrogens is 3. The summed E-state index contributed by atoms with van der Waals surface area (Å²) in [4.78, 5) is 12.5.